The molecule has 1 heterocycles. The first-order chi connectivity index (χ1) is 20.6. The van der Waals surface area contributed by atoms with Gasteiger partial charge in [0.2, 0.25) is 0 Å². The SMILES string of the molecule is CCCCCCCCCCCCCCCCCC(=O)OCC1OC(OC)C(O[Si](C)(C)C)C(O[Si](C)(C)C)C1O[Si](C)(C)C. The summed E-state index contributed by atoms with van der Waals surface area (Å²) in [4.78, 5) is 12.7. The van der Waals surface area contributed by atoms with Gasteiger partial charge in [0.1, 0.15) is 31.0 Å². The van der Waals surface area contributed by atoms with Crippen LogP contribution in [0.3, 0.4) is 0 Å². The maximum Gasteiger partial charge on any atom is 0.305 e. The molecule has 262 valence electrons. The van der Waals surface area contributed by atoms with Crippen molar-refractivity contribution in [2.75, 3.05) is 13.7 Å². The van der Waals surface area contributed by atoms with Gasteiger partial charge in [0.25, 0.3) is 0 Å². The van der Waals surface area contributed by atoms with Gasteiger partial charge in [-0.3, -0.25) is 4.79 Å². The van der Waals surface area contributed by atoms with Gasteiger partial charge in [-0.25, -0.2) is 0 Å². The number of methoxy groups -OCH3 is 1. The van der Waals surface area contributed by atoms with Crippen molar-refractivity contribution < 1.29 is 32.3 Å². The molecule has 10 heteroatoms. The summed E-state index contributed by atoms with van der Waals surface area (Å²) < 4.78 is 38.1. The first kappa shape index (κ1) is 41.9. The van der Waals surface area contributed by atoms with Crippen molar-refractivity contribution in [1.82, 2.24) is 0 Å². The van der Waals surface area contributed by atoms with E-state index < -0.39 is 49.6 Å². The quantitative estimate of drug-likeness (QED) is 0.0541. The zero-order valence-electron chi connectivity index (χ0n) is 30.8. The largest absolute Gasteiger partial charge is 0.463 e. The van der Waals surface area contributed by atoms with Gasteiger partial charge in [-0.15, -0.1) is 0 Å². The second-order valence-corrected chi connectivity index (χ2v) is 29.1. The Balaban J connectivity index is 2.51. The lowest BCUT2D eigenvalue weighted by atomic mass is 9.99. The molecule has 44 heavy (non-hydrogen) atoms. The summed E-state index contributed by atoms with van der Waals surface area (Å²) in [6, 6.07) is 0. The van der Waals surface area contributed by atoms with E-state index in [2.05, 4.69) is 65.8 Å². The van der Waals surface area contributed by atoms with Gasteiger partial charge < -0.3 is 27.5 Å². The van der Waals surface area contributed by atoms with E-state index in [-0.39, 0.29) is 18.7 Å². The van der Waals surface area contributed by atoms with Gasteiger partial charge >= 0.3 is 5.97 Å². The Morgan fingerprint density at radius 3 is 1.36 bits per heavy atom. The summed E-state index contributed by atoms with van der Waals surface area (Å²) in [5.74, 6) is -0.174. The monoisotopic (exact) mass is 676 g/mol. The van der Waals surface area contributed by atoms with Gasteiger partial charge in [-0.05, 0) is 65.3 Å². The highest BCUT2D eigenvalue weighted by Crippen LogP contribution is 2.34. The van der Waals surface area contributed by atoms with Crippen LogP contribution in [0.25, 0.3) is 0 Å². The highest BCUT2D eigenvalue weighted by Gasteiger charge is 2.52. The van der Waals surface area contributed by atoms with Crippen LogP contribution >= 0.6 is 0 Å². The smallest absolute Gasteiger partial charge is 0.305 e. The first-order valence-electron chi connectivity index (χ1n) is 17.9. The van der Waals surface area contributed by atoms with E-state index in [1.54, 1.807) is 7.11 Å². The maximum absolute atomic E-state index is 12.7. The molecule has 0 amide bonds. The molecule has 1 aliphatic rings. The number of hydrogen-bond donors (Lipinski definition) is 0. The van der Waals surface area contributed by atoms with E-state index in [1.165, 1.54) is 83.5 Å². The minimum absolute atomic E-state index is 0.123. The van der Waals surface area contributed by atoms with Gasteiger partial charge in [0, 0.05) is 13.5 Å². The molecule has 0 radical (unpaired) electrons. The summed E-state index contributed by atoms with van der Waals surface area (Å²) >= 11 is 0. The second kappa shape index (κ2) is 21.7. The molecular weight excluding hydrogens is 605 g/mol. The normalized spacial score (nSPS) is 23.2. The first-order valence-corrected chi connectivity index (χ1v) is 28.2. The third kappa shape index (κ3) is 20.2. The minimum atomic E-state index is -2.01. The zero-order valence-corrected chi connectivity index (χ0v) is 33.8. The molecule has 1 aliphatic heterocycles. The van der Waals surface area contributed by atoms with E-state index in [0.29, 0.717) is 6.42 Å². The van der Waals surface area contributed by atoms with Crippen LogP contribution in [0.15, 0.2) is 0 Å². The average molecular weight is 677 g/mol. The fourth-order valence-electron chi connectivity index (χ4n) is 5.72. The van der Waals surface area contributed by atoms with Gasteiger partial charge in [0.15, 0.2) is 31.2 Å². The molecule has 0 saturated carbocycles. The fourth-order valence-corrected chi connectivity index (χ4v) is 8.97. The van der Waals surface area contributed by atoms with E-state index in [0.717, 1.165) is 12.8 Å². The van der Waals surface area contributed by atoms with Crippen molar-refractivity contribution in [3.63, 3.8) is 0 Å². The average Bonchev–Trinajstić information content (AvgIpc) is 2.90. The highest BCUT2D eigenvalue weighted by atomic mass is 28.4. The fraction of sp³-hybridized carbons (Fsp3) is 0.971. The van der Waals surface area contributed by atoms with E-state index in [9.17, 15) is 4.79 Å². The molecule has 0 aromatic heterocycles. The molecular formula is C34H72O7Si3. The number of carbonyl (C=O) groups is 1. The van der Waals surface area contributed by atoms with Crippen molar-refractivity contribution >= 4 is 30.9 Å². The molecule has 0 aliphatic carbocycles. The third-order valence-corrected chi connectivity index (χ3v) is 10.6. The summed E-state index contributed by atoms with van der Waals surface area (Å²) in [6.45, 7) is 21.9. The van der Waals surface area contributed by atoms with Crippen LogP contribution in [-0.4, -0.2) is 75.3 Å². The minimum Gasteiger partial charge on any atom is -0.463 e. The van der Waals surface area contributed by atoms with Crippen LogP contribution in [0.2, 0.25) is 58.9 Å². The number of rotatable bonds is 25. The molecule has 7 nitrogen and oxygen atoms in total. The Bertz CT molecular complexity index is 749. The Hall–Kier alpha value is -0.0794. The van der Waals surface area contributed by atoms with Crippen LogP contribution in [-0.2, 0) is 32.3 Å². The van der Waals surface area contributed by atoms with E-state index in [4.69, 9.17) is 27.5 Å². The topological polar surface area (TPSA) is 72.5 Å². The van der Waals surface area contributed by atoms with Crippen molar-refractivity contribution in [3.8, 4) is 0 Å². The van der Waals surface area contributed by atoms with Crippen LogP contribution in [0.4, 0.5) is 0 Å². The van der Waals surface area contributed by atoms with Crippen molar-refractivity contribution in [2.24, 2.45) is 0 Å². The van der Waals surface area contributed by atoms with Gasteiger partial charge in [0.05, 0.1) is 0 Å². The summed E-state index contributed by atoms with van der Waals surface area (Å²) in [5, 5.41) is 0. The number of esters is 1. The lowest BCUT2D eigenvalue weighted by Gasteiger charge is -2.50. The number of carbonyl (C=O) groups excluding carboxylic acids is 1. The van der Waals surface area contributed by atoms with Crippen molar-refractivity contribution in [2.45, 2.75) is 199 Å². The number of hydrogen-bond acceptors (Lipinski definition) is 7. The molecule has 5 unspecified atom stereocenters. The van der Waals surface area contributed by atoms with E-state index >= 15 is 0 Å². The van der Waals surface area contributed by atoms with Crippen molar-refractivity contribution in [1.29, 1.82) is 0 Å². The van der Waals surface area contributed by atoms with Crippen molar-refractivity contribution in [3.05, 3.63) is 0 Å². The van der Waals surface area contributed by atoms with Crippen LogP contribution in [0.5, 0.6) is 0 Å². The van der Waals surface area contributed by atoms with Gasteiger partial charge in [-0.1, -0.05) is 96.8 Å². The third-order valence-electron chi connectivity index (χ3n) is 7.69. The molecule has 0 aromatic carbocycles. The lowest BCUT2D eigenvalue weighted by Crippen LogP contribution is -2.66. The molecule has 1 saturated heterocycles. The summed E-state index contributed by atoms with van der Waals surface area (Å²) in [6.07, 6.45) is 17.7. The molecule has 0 N–H and O–H groups in total. The molecule has 5 atom stereocenters. The second-order valence-electron chi connectivity index (χ2n) is 15.7. The van der Waals surface area contributed by atoms with E-state index in [1.807, 2.05) is 0 Å². The number of ether oxygens (including phenoxy) is 3. The summed E-state index contributed by atoms with van der Waals surface area (Å²) in [7, 11) is -4.32. The zero-order chi connectivity index (χ0) is 33.2. The summed E-state index contributed by atoms with van der Waals surface area (Å²) in [5.41, 5.74) is 0. The van der Waals surface area contributed by atoms with Crippen LogP contribution in [0, 0.1) is 0 Å². The molecule has 0 spiro atoms. The molecule has 0 bridgehead atoms. The Morgan fingerprint density at radius 1 is 0.568 bits per heavy atom. The standard InChI is InChI=1S/C34H72O7Si3/c1-12-13-14-15-16-17-18-19-20-21-22-23-24-25-26-27-30(35)37-28-29-31(39-42(3,4)5)32(40-43(6,7)8)33(34(36-2)38-29)41-44(9,10)11/h29,31-34H,12-28H2,1-11H3. The Kier molecular flexibility index (Phi) is 20.7. The highest BCUT2D eigenvalue weighted by molar-refractivity contribution is 6.70. The Labute approximate surface area is 275 Å². The number of unbranched alkanes of at least 4 members (excludes halogenated alkanes) is 14. The predicted molar refractivity (Wildman–Crippen MR) is 191 cm³/mol. The Morgan fingerprint density at radius 2 is 0.955 bits per heavy atom. The van der Waals surface area contributed by atoms with Gasteiger partial charge in [-0.2, -0.15) is 0 Å². The molecule has 1 fully saturated rings. The maximum atomic E-state index is 12.7. The van der Waals surface area contributed by atoms with Crippen LogP contribution < -0.4 is 0 Å². The predicted octanol–water partition coefficient (Wildman–Crippen LogP) is 9.82. The van der Waals surface area contributed by atoms with Crippen LogP contribution in [0.1, 0.15) is 110 Å². The molecule has 0 aromatic rings. The molecule has 1 rings (SSSR count). The lowest BCUT2D eigenvalue weighted by molar-refractivity contribution is -0.285.